The largest absolute Gasteiger partial charge is 0.444 e. The van der Waals surface area contributed by atoms with Gasteiger partial charge in [0.25, 0.3) is 0 Å². The van der Waals surface area contributed by atoms with Gasteiger partial charge in [-0.15, -0.1) is 0 Å². The summed E-state index contributed by atoms with van der Waals surface area (Å²) in [7, 11) is -3.99. The predicted octanol–water partition coefficient (Wildman–Crippen LogP) is 6.73. The average molecular weight is 755 g/mol. The lowest BCUT2D eigenvalue weighted by Crippen LogP contribution is -2.63. The van der Waals surface area contributed by atoms with Gasteiger partial charge in [-0.1, -0.05) is 48.0 Å². The lowest BCUT2D eigenvalue weighted by Gasteiger charge is -2.46. The number of hydrogen-bond acceptors (Lipinski definition) is 7. The summed E-state index contributed by atoms with van der Waals surface area (Å²) in [5.74, 6) is -1.24. The Morgan fingerprint density at radius 1 is 1.04 bits per heavy atom. The van der Waals surface area contributed by atoms with E-state index in [1.807, 2.05) is 12.1 Å². The fraction of sp³-hybridized carbons (Fsp3) is 0.487. The number of sulfonamides is 1. The summed E-state index contributed by atoms with van der Waals surface area (Å²) in [6, 6.07) is 18.4. The van der Waals surface area contributed by atoms with Gasteiger partial charge >= 0.3 is 6.09 Å². The molecular weight excluding hydrogens is 707 g/mol. The van der Waals surface area contributed by atoms with E-state index in [0.717, 1.165) is 18.4 Å². The quantitative estimate of drug-likeness (QED) is 0.235. The third-order valence-electron chi connectivity index (χ3n) is 10.3. The predicted molar refractivity (Wildman–Crippen MR) is 198 cm³/mol. The van der Waals surface area contributed by atoms with Crippen LogP contribution in [0.1, 0.15) is 69.9 Å². The van der Waals surface area contributed by atoms with E-state index in [2.05, 4.69) is 5.32 Å². The van der Waals surface area contributed by atoms with Crippen LogP contribution in [0.3, 0.4) is 0 Å². The van der Waals surface area contributed by atoms with Gasteiger partial charge in [0.05, 0.1) is 16.5 Å². The van der Waals surface area contributed by atoms with Crippen molar-refractivity contribution in [1.29, 1.82) is 0 Å². The topological polar surface area (TPSA) is 131 Å². The van der Waals surface area contributed by atoms with Crippen molar-refractivity contribution in [3.8, 4) is 0 Å². The summed E-state index contributed by atoms with van der Waals surface area (Å²) in [5, 5.41) is 3.49. The minimum absolute atomic E-state index is 0.0671. The highest BCUT2D eigenvalue weighted by Gasteiger charge is 2.60. The molecule has 3 aromatic carbocycles. The first kappa shape index (κ1) is 38.2. The summed E-state index contributed by atoms with van der Waals surface area (Å²) in [5.41, 5.74) is 6.58. The van der Waals surface area contributed by atoms with Crippen LogP contribution in [0, 0.1) is 11.7 Å². The fourth-order valence-electron chi connectivity index (χ4n) is 7.71. The first-order chi connectivity index (χ1) is 24.7. The van der Waals surface area contributed by atoms with Crippen LogP contribution in [0.5, 0.6) is 0 Å². The van der Waals surface area contributed by atoms with Gasteiger partial charge in [0, 0.05) is 54.5 Å². The molecule has 3 N–H and O–H groups in total. The van der Waals surface area contributed by atoms with Crippen LogP contribution >= 0.6 is 11.6 Å². The Morgan fingerprint density at radius 2 is 1.71 bits per heavy atom. The molecule has 10 nitrogen and oxygen atoms in total. The molecule has 3 fully saturated rings. The molecule has 6 rings (SSSR count). The first-order valence-electron chi connectivity index (χ1n) is 17.9. The molecule has 3 aromatic rings. The smallest absolute Gasteiger partial charge is 0.410 e. The number of anilines is 1. The van der Waals surface area contributed by atoms with Crippen LogP contribution in [0.4, 0.5) is 14.9 Å². The molecule has 52 heavy (non-hydrogen) atoms. The zero-order valence-electron chi connectivity index (χ0n) is 29.9. The highest BCUT2D eigenvalue weighted by Crippen LogP contribution is 2.49. The second-order valence-corrected chi connectivity index (χ2v) is 17.5. The molecule has 3 atom stereocenters. The molecule has 2 heterocycles. The number of rotatable bonds is 10. The van der Waals surface area contributed by atoms with Crippen molar-refractivity contribution < 1.29 is 31.9 Å². The molecule has 280 valence electrons. The monoisotopic (exact) mass is 754 g/mol. The third kappa shape index (κ3) is 8.47. The molecule has 0 aromatic heterocycles. The minimum Gasteiger partial charge on any atom is -0.444 e. The number of nitrogens with two attached hydrogens (primary N) is 1. The lowest BCUT2D eigenvalue weighted by molar-refractivity contribution is -0.118. The third-order valence-corrected chi connectivity index (χ3v) is 12.6. The Bertz CT molecular complexity index is 1850. The molecule has 0 unspecified atom stereocenters. The van der Waals surface area contributed by atoms with Crippen molar-refractivity contribution in [2.45, 2.75) is 93.3 Å². The maximum atomic E-state index is 15.7. The molecular formula is C39H48ClFN4O6S. The lowest BCUT2D eigenvalue weighted by atomic mass is 9.76. The van der Waals surface area contributed by atoms with Gasteiger partial charge in [0.2, 0.25) is 15.9 Å². The maximum absolute atomic E-state index is 15.7. The molecule has 1 aliphatic carbocycles. The number of carbonyl (C=O) groups is 2. The molecule has 3 aliphatic rings. The molecule has 1 spiro atoms. The summed E-state index contributed by atoms with van der Waals surface area (Å²) >= 11 is 6.17. The van der Waals surface area contributed by atoms with Gasteiger partial charge in [-0.3, -0.25) is 4.79 Å². The van der Waals surface area contributed by atoms with Crippen molar-refractivity contribution in [1.82, 2.24) is 9.21 Å². The molecule has 13 heteroatoms. The first-order valence-corrected chi connectivity index (χ1v) is 19.7. The average Bonchev–Trinajstić information content (AvgIpc) is 3.87. The molecule has 2 amide bonds. The number of halogens is 2. The number of piperazine rings is 1. The zero-order valence-corrected chi connectivity index (χ0v) is 31.5. The Balaban J connectivity index is 1.27. The van der Waals surface area contributed by atoms with Gasteiger partial charge in [0.1, 0.15) is 11.4 Å². The highest BCUT2D eigenvalue weighted by atomic mass is 35.5. The molecule has 1 saturated carbocycles. The molecule has 0 radical (unpaired) electrons. The number of ether oxygens (including phenoxy) is 2. The normalized spacial score (nSPS) is 20.7. The van der Waals surface area contributed by atoms with Crippen LogP contribution in [-0.2, 0) is 30.7 Å². The van der Waals surface area contributed by atoms with E-state index >= 15 is 4.39 Å². The van der Waals surface area contributed by atoms with Gasteiger partial charge in [0.15, 0.2) is 0 Å². The van der Waals surface area contributed by atoms with Gasteiger partial charge in [-0.25, -0.2) is 17.6 Å². The van der Waals surface area contributed by atoms with Gasteiger partial charge < -0.3 is 25.4 Å². The number of benzene rings is 3. The van der Waals surface area contributed by atoms with Crippen molar-refractivity contribution in [2.75, 3.05) is 31.6 Å². The maximum Gasteiger partial charge on any atom is 0.410 e. The van der Waals surface area contributed by atoms with E-state index in [4.69, 9.17) is 26.8 Å². The summed E-state index contributed by atoms with van der Waals surface area (Å²) in [4.78, 5) is 29.0. The van der Waals surface area contributed by atoms with Crippen molar-refractivity contribution in [2.24, 2.45) is 11.7 Å². The van der Waals surface area contributed by atoms with Crippen LogP contribution < -0.4 is 11.1 Å². The van der Waals surface area contributed by atoms with Gasteiger partial charge in [-0.05, 0) is 107 Å². The Hall–Kier alpha value is -3.55. The minimum atomic E-state index is -3.99. The number of hydrogen-bond donors (Lipinski definition) is 2. The van der Waals surface area contributed by atoms with Crippen LogP contribution in [0.15, 0.2) is 77.7 Å². The molecule has 2 saturated heterocycles. The summed E-state index contributed by atoms with van der Waals surface area (Å²) in [6.45, 7) is 6.76. The van der Waals surface area contributed by atoms with E-state index in [9.17, 15) is 18.0 Å². The van der Waals surface area contributed by atoms with E-state index in [1.54, 1.807) is 78.5 Å². The SMILES string of the molecule is CC(C)(C)OC(=O)N1C[C@H](CCc2c(F)cccc2NC(=O)[C@@H](N)[C@@H](c2ccc(Cl)cc2)C2CCOCC2)N(S(=O)(=O)c2ccccc2)C2(CC2)C1. The van der Waals surface area contributed by atoms with Crippen LogP contribution in [0.25, 0.3) is 0 Å². The fourth-order valence-corrected chi connectivity index (χ4v) is 9.88. The van der Waals surface area contributed by atoms with Crippen LogP contribution in [-0.4, -0.2) is 79.2 Å². The zero-order chi connectivity index (χ0) is 37.3. The highest BCUT2D eigenvalue weighted by molar-refractivity contribution is 7.89. The van der Waals surface area contributed by atoms with Crippen molar-refractivity contribution in [3.63, 3.8) is 0 Å². The van der Waals surface area contributed by atoms with E-state index in [1.165, 1.54) is 12.1 Å². The Kier molecular flexibility index (Phi) is 11.3. The molecule has 2 aliphatic heterocycles. The summed E-state index contributed by atoms with van der Waals surface area (Å²) in [6.07, 6.45) is 2.38. The summed E-state index contributed by atoms with van der Waals surface area (Å²) < 4.78 is 57.1. The van der Waals surface area contributed by atoms with Crippen LogP contribution in [0.2, 0.25) is 5.02 Å². The number of nitrogens with zero attached hydrogens (tertiary/aromatic N) is 2. The standard InChI is InChI=1S/C39H48ClFN4O6S/c1-38(2,3)51-37(47)44-24-29(45(39(25-44)20-21-39)52(48,49)30-8-5-4-6-9-30)16-17-31-32(41)10-7-11-33(31)43-36(46)35(42)34(27-18-22-50-23-19-27)26-12-14-28(40)15-13-26/h4-15,27,29,34-35H,16-25,42H2,1-3H3,(H,43,46)/t29-,34-,35-/m0/s1. The van der Waals surface area contributed by atoms with E-state index in [-0.39, 0.29) is 53.9 Å². The number of nitrogens with one attached hydrogen (secondary N) is 1. The van der Waals surface area contributed by atoms with Crippen molar-refractivity contribution in [3.05, 3.63) is 94.8 Å². The Morgan fingerprint density at radius 3 is 2.35 bits per heavy atom. The van der Waals surface area contributed by atoms with Gasteiger partial charge in [-0.2, -0.15) is 4.31 Å². The number of amides is 2. The second kappa shape index (κ2) is 15.4. The Labute approximate surface area is 310 Å². The van der Waals surface area contributed by atoms with E-state index in [0.29, 0.717) is 31.1 Å². The molecule has 0 bridgehead atoms. The van der Waals surface area contributed by atoms with E-state index < -0.39 is 51.1 Å². The second-order valence-electron chi connectivity index (χ2n) is 15.2. The van der Waals surface area contributed by atoms with Crippen molar-refractivity contribution >= 4 is 39.3 Å². The number of carbonyl (C=O) groups excluding carboxylic acids is 2.